The van der Waals surface area contributed by atoms with Crippen LogP contribution in [0.1, 0.15) is 12.0 Å². The second kappa shape index (κ2) is 8.55. The number of nitrogens with one attached hydrogen (secondary N) is 1. The number of carbonyl (C=O) groups excluding carboxylic acids is 1. The molecule has 0 fully saturated rings. The van der Waals surface area contributed by atoms with Crippen molar-refractivity contribution >= 4 is 23.5 Å². The first-order valence-electron chi connectivity index (χ1n) is 7.17. The molecule has 0 aliphatic carbocycles. The number of carbonyl (C=O) groups is 1. The molecule has 0 aliphatic rings. The van der Waals surface area contributed by atoms with E-state index in [-0.39, 0.29) is 5.91 Å². The average Bonchev–Trinajstić information content (AvgIpc) is 2.99. The molecule has 2 aromatic heterocycles. The molecular formula is C15H21N5OS. The van der Waals surface area contributed by atoms with Gasteiger partial charge in [0.05, 0.1) is 6.04 Å². The van der Waals surface area contributed by atoms with Crippen molar-refractivity contribution in [3.8, 4) is 0 Å². The van der Waals surface area contributed by atoms with E-state index in [9.17, 15) is 4.79 Å². The van der Waals surface area contributed by atoms with Crippen LogP contribution in [0.15, 0.2) is 36.8 Å². The minimum Gasteiger partial charge on any atom is -0.320 e. The van der Waals surface area contributed by atoms with Crippen LogP contribution >= 0.6 is 11.8 Å². The van der Waals surface area contributed by atoms with Crippen LogP contribution in [0.25, 0.3) is 0 Å². The molecule has 2 aromatic rings. The summed E-state index contributed by atoms with van der Waals surface area (Å²) in [4.78, 5) is 15.9. The number of nitrogens with zero attached hydrogens (tertiary/aromatic N) is 3. The monoisotopic (exact) mass is 319 g/mol. The fourth-order valence-electron chi connectivity index (χ4n) is 1.94. The van der Waals surface area contributed by atoms with Crippen molar-refractivity contribution in [3.05, 3.63) is 42.4 Å². The average molecular weight is 319 g/mol. The Morgan fingerprint density at radius 3 is 2.91 bits per heavy atom. The van der Waals surface area contributed by atoms with Crippen LogP contribution in [0, 0.1) is 0 Å². The van der Waals surface area contributed by atoms with Crippen LogP contribution in [0.4, 0.5) is 5.82 Å². The SMILES string of the molecule is CSCC[C@H](N)C(=O)Nc1ccn(CCc2ccncc2)n1. The molecule has 3 N–H and O–H groups in total. The number of aromatic nitrogens is 3. The highest BCUT2D eigenvalue weighted by Crippen LogP contribution is 2.07. The molecule has 6 nitrogen and oxygen atoms in total. The molecule has 0 saturated heterocycles. The molecule has 0 radical (unpaired) electrons. The normalized spacial score (nSPS) is 12.1. The summed E-state index contributed by atoms with van der Waals surface area (Å²) < 4.78 is 1.81. The number of hydrogen-bond acceptors (Lipinski definition) is 5. The van der Waals surface area contributed by atoms with E-state index < -0.39 is 6.04 Å². The Labute approximate surface area is 134 Å². The summed E-state index contributed by atoms with van der Waals surface area (Å²) in [5.74, 6) is 1.22. The molecule has 1 amide bonds. The molecule has 0 spiro atoms. The fraction of sp³-hybridized carbons (Fsp3) is 0.400. The molecular weight excluding hydrogens is 298 g/mol. The van der Waals surface area contributed by atoms with Crippen LogP contribution in [0.3, 0.4) is 0 Å². The van der Waals surface area contributed by atoms with Gasteiger partial charge in [0.25, 0.3) is 0 Å². The van der Waals surface area contributed by atoms with Crippen molar-refractivity contribution in [2.24, 2.45) is 5.73 Å². The first kappa shape index (κ1) is 16.5. The predicted octanol–water partition coefficient (Wildman–Crippen LogP) is 1.54. The van der Waals surface area contributed by atoms with Gasteiger partial charge in [-0.3, -0.25) is 14.5 Å². The topological polar surface area (TPSA) is 85.8 Å². The zero-order chi connectivity index (χ0) is 15.8. The Morgan fingerprint density at radius 1 is 1.41 bits per heavy atom. The van der Waals surface area contributed by atoms with Gasteiger partial charge in [0.2, 0.25) is 5.91 Å². The molecule has 0 aliphatic heterocycles. The summed E-state index contributed by atoms with van der Waals surface area (Å²) in [5, 5.41) is 7.09. The van der Waals surface area contributed by atoms with Gasteiger partial charge in [-0.1, -0.05) is 0 Å². The van der Waals surface area contributed by atoms with E-state index in [4.69, 9.17) is 5.73 Å². The lowest BCUT2D eigenvalue weighted by atomic mass is 10.2. The molecule has 0 aromatic carbocycles. The maximum atomic E-state index is 11.9. The number of hydrogen-bond donors (Lipinski definition) is 2. The predicted molar refractivity (Wildman–Crippen MR) is 89.8 cm³/mol. The Hall–Kier alpha value is -1.86. The Kier molecular flexibility index (Phi) is 6.42. The summed E-state index contributed by atoms with van der Waals surface area (Å²) >= 11 is 1.68. The van der Waals surface area contributed by atoms with Crippen molar-refractivity contribution in [1.82, 2.24) is 14.8 Å². The van der Waals surface area contributed by atoms with Crippen LogP contribution in [-0.2, 0) is 17.8 Å². The Bertz CT molecular complexity index is 587. The zero-order valence-corrected chi connectivity index (χ0v) is 13.4. The molecule has 118 valence electrons. The maximum Gasteiger partial charge on any atom is 0.242 e. The number of rotatable bonds is 8. The standard InChI is InChI=1S/C15H21N5OS/c1-22-11-6-13(16)15(21)18-14-5-10-20(19-14)9-4-12-2-7-17-8-3-12/h2-3,5,7-8,10,13H,4,6,9,11,16H2,1H3,(H,18,19,21)/t13-/m0/s1. The minimum atomic E-state index is -0.491. The number of thioether (sulfide) groups is 1. The van der Waals surface area contributed by atoms with Gasteiger partial charge in [0.15, 0.2) is 5.82 Å². The maximum absolute atomic E-state index is 11.9. The van der Waals surface area contributed by atoms with Crippen molar-refractivity contribution < 1.29 is 4.79 Å². The third kappa shape index (κ3) is 5.16. The minimum absolute atomic E-state index is 0.187. The smallest absolute Gasteiger partial charge is 0.242 e. The van der Waals surface area contributed by atoms with Gasteiger partial charge in [0, 0.05) is 31.2 Å². The van der Waals surface area contributed by atoms with Gasteiger partial charge < -0.3 is 11.1 Å². The molecule has 0 saturated carbocycles. The quantitative estimate of drug-likeness (QED) is 0.771. The van der Waals surface area contributed by atoms with Crippen LogP contribution in [0.2, 0.25) is 0 Å². The van der Waals surface area contributed by atoms with Crippen molar-refractivity contribution in [2.45, 2.75) is 25.4 Å². The molecule has 22 heavy (non-hydrogen) atoms. The number of pyridine rings is 1. The summed E-state index contributed by atoms with van der Waals surface area (Å²) in [7, 11) is 0. The molecule has 2 rings (SSSR count). The highest BCUT2D eigenvalue weighted by Gasteiger charge is 2.14. The van der Waals surface area contributed by atoms with Crippen molar-refractivity contribution in [3.63, 3.8) is 0 Å². The number of anilines is 1. The summed E-state index contributed by atoms with van der Waals surface area (Å²) in [5.41, 5.74) is 7.03. The fourth-order valence-corrected chi connectivity index (χ4v) is 2.43. The van der Waals surface area contributed by atoms with E-state index in [1.807, 2.05) is 29.3 Å². The van der Waals surface area contributed by atoms with E-state index in [1.165, 1.54) is 5.56 Å². The number of amides is 1. The first-order valence-corrected chi connectivity index (χ1v) is 8.56. The van der Waals surface area contributed by atoms with Gasteiger partial charge in [-0.2, -0.15) is 16.9 Å². The highest BCUT2D eigenvalue weighted by molar-refractivity contribution is 7.98. The first-order chi connectivity index (χ1) is 10.7. The lowest BCUT2D eigenvalue weighted by Crippen LogP contribution is -2.36. The highest BCUT2D eigenvalue weighted by atomic mass is 32.2. The molecule has 1 atom stereocenters. The van der Waals surface area contributed by atoms with Crippen LogP contribution in [-0.4, -0.2) is 38.7 Å². The van der Waals surface area contributed by atoms with Gasteiger partial charge in [-0.25, -0.2) is 0 Å². The van der Waals surface area contributed by atoms with E-state index in [1.54, 1.807) is 30.2 Å². The van der Waals surface area contributed by atoms with Crippen LogP contribution in [0.5, 0.6) is 0 Å². The summed E-state index contributed by atoms with van der Waals surface area (Å²) in [6.45, 7) is 0.748. The molecule has 2 heterocycles. The molecule has 0 bridgehead atoms. The van der Waals surface area contributed by atoms with Crippen molar-refractivity contribution in [2.75, 3.05) is 17.3 Å². The van der Waals surface area contributed by atoms with E-state index in [0.29, 0.717) is 12.2 Å². The lowest BCUT2D eigenvalue weighted by Gasteiger charge is -2.09. The van der Waals surface area contributed by atoms with Gasteiger partial charge >= 0.3 is 0 Å². The molecule has 0 unspecified atom stereocenters. The summed E-state index contributed by atoms with van der Waals surface area (Å²) in [6.07, 6.45) is 8.93. The number of aryl methyl sites for hydroxylation is 2. The number of nitrogens with two attached hydrogens (primary N) is 1. The second-order valence-corrected chi connectivity index (χ2v) is 5.93. The Morgan fingerprint density at radius 2 is 2.18 bits per heavy atom. The third-order valence-corrected chi connectivity index (χ3v) is 3.88. The van der Waals surface area contributed by atoms with E-state index in [2.05, 4.69) is 15.4 Å². The lowest BCUT2D eigenvalue weighted by molar-refractivity contribution is -0.117. The van der Waals surface area contributed by atoms with E-state index in [0.717, 1.165) is 18.7 Å². The summed E-state index contributed by atoms with van der Waals surface area (Å²) in [6, 6.07) is 5.26. The third-order valence-electron chi connectivity index (χ3n) is 3.24. The Balaban J connectivity index is 1.82. The van der Waals surface area contributed by atoms with Crippen LogP contribution < -0.4 is 11.1 Å². The second-order valence-electron chi connectivity index (χ2n) is 4.95. The van der Waals surface area contributed by atoms with Gasteiger partial charge in [0.1, 0.15) is 0 Å². The van der Waals surface area contributed by atoms with E-state index >= 15 is 0 Å². The van der Waals surface area contributed by atoms with Gasteiger partial charge in [-0.15, -0.1) is 0 Å². The largest absolute Gasteiger partial charge is 0.320 e. The zero-order valence-electron chi connectivity index (χ0n) is 12.6. The van der Waals surface area contributed by atoms with Gasteiger partial charge in [-0.05, 0) is 42.5 Å². The molecule has 7 heteroatoms. The van der Waals surface area contributed by atoms with Crippen molar-refractivity contribution in [1.29, 1.82) is 0 Å².